The molecule has 0 bridgehead atoms. The Kier molecular flexibility index (Phi) is 11.2. The van der Waals surface area contributed by atoms with E-state index in [-0.39, 0.29) is 35.5 Å². The van der Waals surface area contributed by atoms with E-state index in [0.717, 1.165) is 61.0 Å². The van der Waals surface area contributed by atoms with Gasteiger partial charge in [-0.15, -0.1) is 25.5 Å². The third-order valence-electron chi connectivity index (χ3n) is 9.47. The highest BCUT2D eigenvalue weighted by Crippen LogP contribution is 2.40. The molecule has 16 nitrogen and oxygen atoms in total. The lowest BCUT2D eigenvalue weighted by Gasteiger charge is -2.30. The van der Waals surface area contributed by atoms with Crippen LogP contribution in [0.15, 0.2) is 48.8 Å². The van der Waals surface area contributed by atoms with E-state index in [0.29, 0.717) is 5.92 Å². The lowest BCUT2D eigenvalue weighted by molar-refractivity contribution is -0.126. The zero-order chi connectivity index (χ0) is 36.8. The molecule has 0 radical (unpaired) electrons. The van der Waals surface area contributed by atoms with E-state index in [1.54, 1.807) is 4.68 Å². The smallest absolute Gasteiger partial charge is 0.358 e. The number of carboxylic acids is 1. The maximum atomic E-state index is 13.3. The lowest BCUT2D eigenvalue weighted by Crippen LogP contribution is -2.42. The summed E-state index contributed by atoms with van der Waals surface area (Å²) in [5.74, 6) is 0.750. The number of carbonyl (C=O) groups excluding carboxylic acids is 1. The predicted molar refractivity (Wildman–Crippen MR) is 195 cm³/mol. The van der Waals surface area contributed by atoms with Crippen LogP contribution in [-0.2, 0) is 17.8 Å². The van der Waals surface area contributed by atoms with Crippen molar-refractivity contribution in [1.82, 2.24) is 60.4 Å². The Hall–Kier alpha value is -5.25. The predicted octanol–water partition coefficient (Wildman–Crippen LogP) is 4.00. The van der Waals surface area contributed by atoms with Gasteiger partial charge in [-0.3, -0.25) is 4.79 Å². The Morgan fingerprint density at radius 2 is 1.79 bits per heavy atom. The summed E-state index contributed by atoms with van der Waals surface area (Å²) in [5, 5.41) is 49.4. The minimum absolute atomic E-state index is 0.0336. The van der Waals surface area contributed by atoms with Crippen molar-refractivity contribution in [3.05, 3.63) is 65.7 Å². The van der Waals surface area contributed by atoms with Crippen molar-refractivity contribution >= 4 is 23.3 Å². The number of anilines is 1. The Labute approximate surface area is 302 Å². The maximum absolute atomic E-state index is 13.3. The molecule has 16 heteroatoms. The number of aromatic nitrogens is 10. The molecule has 276 valence electrons. The number of hydrogen-bond acceptors (Lipinski definition) is 11. The van der Waals surface area contributed by atoms with Crippen LogP contribution in [0.2, 0.25) is 0 Å². The van der Waals surface area contributed by atoms with Crippen LogP contribution in [0.3, 0.4) is 0 Å². The zero-order valence-electron chi connectivity index (χ0n) is 30.5. The fourth-order valence-corrected chi connectivity index (χ4v) is 6.42. The molecule has 52 heavy (non-hydrogen) atoms. The number of hydrogen-bond donors (Lipinski definition) is 4. The number of benzene rings is 1. The van der Waals surface area contributed by atoms with Crippen molar-refractivity contribution in [2.24, 2.45) is 11.3 Å². The highest BCUT2D eigenvalue weighted by atomic mass is 16.4. The fraction of sp³-hybridized carbons (Fsp3) is 0.528. The number of rotatable bonds is 18. The van der Waals surface area contributed by atoms with Crippen LogP contribution >= 0.6 is 0 Å². The highest BCUT2D eigenvalue weighted by molar-refractivity contribution is 5.84. The first kappa shape index (κ1) is 36.5. The van der Waals surface area contributed by atoms with Crippen LogP contribution in [0.1, 0.15) is 94.0 Å². The number of carbonyl (C=O) groups is 2. The molecule has 4 heterocycles. The molecule has 1 aliphatic carbocycles. The molecule has 0 spiro atoms. The molecule has 5 aromatic rings. The number of aromatic carboxylic acids is 1. The first-order valence-corrected chi connectivity index (χ1v) is 18.1. The van der Waals surface area contributed by atoms with Gasteiger partial charge in [0.15, 0.2) is 23.0 Å². The topological polar surface area (TPSA) is 195 Å². The molecule has 1 aliphatic rings. The third kappa shape index (κ3) is 8.78. The Morgan fingerprint density at radius 3 is 2.48 bits per heavy atom. The molecule has 0 saturated heterocycles. The minimum atomic E-state index is -1.15. The van der Waals surface area contributed by atoms with E-state index in [1.807, 2.05) is 61.8 Å². The van der Waals surface area contributed by atoms with E-state index in [2.05, 4.69) is 66.7 Å². The normalized spacial score (nSPS) is 14.7. The highest BCUT2D eigenvalue weighted by Gasteiger charge is 2.28. The van der Waals surface area contributed by atoms with Crippen LogP contribution < -0.4 is 16.0 Å². The van der Waals surface area contributed by atoms with Gasteiger partial charge in [-0.05, 0) is 62.5 Å². The van der Waals surface area contributed by atoms with E-state index in [4.69, 9.17) is 10.2 Å². The number of fused-ring (bicyclic) bond motifs is 1. The monoisotopic (exact) mass is 711 g/mol. The summed E-state index contributed by atoms with van der Waals surface area (Å²) in [6, 6.07) is 11.3. The Bertz CT molecular complexity index is 1960. The SMILES string of the molecule is CC(C)[C@@H](C(=O)N[C@@H](C)Cn1cc(C(=O)O)nn1)n1cc(CCCNCC(C)(C)CNc2nn3c(-c4ccccc4)nnc3cc2C2CCC2)nn1. The second-order valence-corrected chi connectivity index (χ2v) is 15.0. The van der Waals surface area contributed by atoms with Crippen LogP contribution in [0.4, 0.5) is 5.82 Å². The van der Waals surface area contributed by atoms with Crippen molar-refractivity contribution in [3.8, 4) is 11.4 Å². The molecule has 4 aromatic heterocycles. The molecule has 1 aromatic carbocycles. The van der Waals surface area contributed by atoms with Crippen molar-refractivity contribution in [1.29, 1.82) is 0 Å². The van der Waals surface area contributed by atoms with Gasteiger partial charge in [0.1, 0.15) is 6.04 Å². The quantitative estimate of drug-likeness (QED) is 0.0956. The zero-order valence-corrected chi connectivity index (χ0v) is 30.5. The number of nitrogens with zero attached hydrogens (tertiary/aromatic N) is 10. The van der Waals surface area contributed by atoms with E-state index in [9.17, 15) is 9.59 Å². The van der Waals surface area contributed by atoms with Gasteiger partial charge in [0.25, 0.3) is 0 Å². The third-order valence-corrected chi connectivity index (χ3v) is 9.47. The van der Waals surface area contributed by atoms with Gasteiger partial charge >= 0.3 is 5.97 Å². The van der Waals surface area contributed by atoms with Gasteiger partial charge in [0, 0.05) is 36.5 Å². The largest absolute Gasteiger partial charge is 0.476 e. The summed E-state index contributed by atoms with van der Waals surface area (Å²) in [6.45, 7) is 12.9. The van der Waals surface area contributed by atoms with Crippen molar-refractivity contribution in [3.63, 3.8) is 0 Å². The molecule has 0 aliphatic heterocycles. The van der Waals surface area contributed by atoms with Crippen molar-refractivity contribution < 1.29 is 14.7 Å². The number of carboxylic acid groups (broad SMARTS) is 1. The van der Waals surface area contributed by atoms with E-state index >= 15 is 0 Å². The summed E-state index contributed by atoms with van der Waals surface area (Å²) in [5.41, 5.74) is 3.60. The molecular formula is C36H49N13O3. The Balaban J connectivity index is 0.982. The number of amides is 1. The van der Waals surface area contributed by atoms with Gasteiger partial charge in [0.2, 0.25) is 5.91 Å². The average Bonchev–Trinajstić information content (AvgIpc) is 3.83. The summed E-state index contributed by atoms with van der Waals surface area (Å²) >= 11 is 0. The molecule has 1 saturated carbocycles. The summed E-state index contributed by atoms with van der Waals surface area (Å²) in [7, 11) is 0. The molecule has 4 N–H and O–H groups in total. The molecular weight excluding hydrogens is 662 g/mol. The van der Waals surface area contributed by atoms with Crippen LogP contribution in [0, 0.1) is 11.3 Å². The first-order valence-electron chi connectivity index (χ1n) is 18.1. The van der Waals surface area contributed by atoms with Gasteiger partial charge in [0.05, 0.1) is 18.4 Å². The summed E-state index contributed by atoms with van der Waals surface area (Å²) in [6.07, 6.45) is 8.35. The number of aryl methyl sites for hydroxylation is 1. The average molecular weight is 712 g/mol. The Morgan fingerprint density at radius 1 is 1.00 bits per heavy atom. The van der Waals surface area contributed by atoms with E-state index < -0.39 is 12.0 Å². The van der Waals surface area contributed by atoms with Gasteiger partial charge < -0.3 is 21.1 Å². The molecule has 2 atom stereocenters. The maximum Gasteiger partial charge on any atom is 0.358 e. The summed E-state index contributed by atoms with van der Waals surface area (Å²) in [4.78, 5) is 24.4. The van der Waals surface area contributed by atoms with Crippen molar-refractivity contribution in [2.45, 2.75) is 91.3 Å². The van der Waals surface area contributed by atoms with Crippen LogP contribution in [0.25, 0.3) is 17.0 Å². The molecule has 0 unspecified atom stereocenters. The molecule has 1 fully saturated rings. The lowest BCUT2D eigenvalue weighted by atomic mass is 9.80. The first-order chi connectivity index (χ1) is 25.0. The van der Waals surface area contributed by atoms with Gasteiger partial charge in [-0.25, -0.2) is 14.2 Å². The van der Waals surface area contributed by atoms with Crippen LogP contribution in [-0.4, -0.2) is 92.5 Å². The summed E-state index contributed by atoms with van der Waals surface area (Å²) < 4.78 is 4.88. The van der Waals surface area contributed by atoms with Gasteiger partial charge in [-0.1, -0.05) is 74.9 Å². The van der Waals surface area contributed by atoms with E-state index in [1.165, 1.54) is 35.7 Å². The van der Waals surface area contributed by atoms with Crippen molar-refractivity contribution in [2.75, 3.05) is 25.0 Å². The minimum Gasteiger partial charge on any atom is -0.476 e. The second-order valence-electron chi connectivity index (χ2n) is 15.0. The van der Waals surface area contributed by atoms with Crippen LogP contribution in [0.5, 0.6) is 0 Å². The standard InChI is InChI=1S/C36H49N13O3/c1-23(2)31(34(50)39-24(3)18-47-20-29(35(51)52)41-45-47)48-19-27(40-46-48)15-10-16-37-21-36(4,5)22-38-32-28(25-13-9-14-25)17-30-42-43-33(49(30)44-32)26-11-7-6-8-12-26/h6-8,11-12,17,19-20,23-25,31,37H,9-10,13-16,18,21-22H2,1-5H3,(H,38,44)(H,39,50)(H,51,52)/t24-,31-/m0/s1. The molecule has 1 amide bonds. The van der Waals surface area contributed by atoms with Gasteiger partial charge in [-0.2, -0.15) is 4.52 Å². The fourth-order valence-electron chi connectivity index (χ4n) is 6.42. The second kappa shape index (κ2) is 16.0. The molecule has 6 rings (SSSR count). The number of nitrogens with one attached hydrogen (secondary N) is 3.